The summed E-state index contributed by atoms with van der Waals surface area (Å²) >= 11 is 18.6. The smallest absolute Gasteiger partial charge is 0.280 e. The highest BCUT2D eigenvalue weighted by Crippen LogP contribution is 2.31. The number of rotatable bonds is 2. The van der Waals surface area contributed by atoms with Crippen LogP contribution in [0.1, 0.15) is 0 Å². The van der Waals surface area contributed by atoms with E-state index in [2.05, 4.69) is 4.98 Å². The van der Waals surface area contributed by atoms with Gasteiger partial charge in [0.25, 0.3) is 5.19 Å². The van der Waals surface area contributed by atoms with Crippen molar-refractivity contribution in [2.24, 2.45) is 0 Å². The number of benzene rings is 1. The van der Waals surface area contributed by atoms with E-state index in [1.165, 1.54) is 11.3 Å². The van der Waals surface area contributed by atoms with Gasteiger partial charge in [0.15, 0.2) is 0 Å². The molecule has 2 nitrogen and oxygen atoms in total. The number of ether oxygens (including phenoxy) is 1. The van der Waals surface area contributed by atoms with Gasteiger partial charge in [-0.25, -0.2) is 0 Å². The van der Waals surface area contributed by atoms with Crippen LogP contribution in [-0.4, -0.2) is 4.98 Å². The molecule has 0 saturated carbocycles. The third kappa shape index (κ3) is 2.75. The van der Waals surface area contributed by atoms with Crippen molar-refractivity contribution >= 4 is 46.1 Å². The second kappa shape index (κ2) is 4.58. The molecule has 0 amide bonds. The van der Waals surface area contributed by atoms with E-state index in [1.807, 2.05) is 0 Å². The topological polar surface area (TPSA) is 22.1 Å². The zero-order chi connectivity index (χ0) is 10.8. The maximum Gasteiger partial charge on any atom is 0.280 e. The Morgan fingerprint density at radius 3 is 2.53 bits per heavy atom. The summed E-state index contributed by atoms with van der Waals surface area (Å²) in [6.07, 6.45) is 0. The molecule has 6 heteroatoms. The minimum absolute atomic E-state index is 0.412. The molecule has 1 heterocycles. The van der Waals surface area contributed by atoms with E-state index in [0.717, 1.165) is 0 Å². The summed E-state index contributed by atoms with van der Waals surface area (Å²) in [6.45, 7) is 0. The van der Waals surface area contributed by atoms with Crippen molar-refractivity contribution in [3.05, 3.63) is 38.8 Å². The summed E-state index contributed by atoms with van der Waals surface area (Å²) in [6, 6.07) is 5.00. The SMILES string of the molecule is Clc1csc(Oc2ccc(Cl)c(Cl)c2)n1. The van der Waals surface area contributed by atoms with Crippen molar-refractivity contribution in [3.63, 3.8) is 0 Å². The van der Waals surface area contributed by atoms with Crippen molar-refractivity contribution in [1.82, 2.24) is 4.98 Å². The number of halogens is 3. The fourth-order valence-electron chi connectivity index (χ4n) is 0.927. The van der Waals surface area contributed by atoms with Gasteiger partial charge >= 0.3 is 0 Å². The Balaban J connectivity index is 2.21. The maximum absolute atomic E-state index is 5.83. The molecular weight excluding hydrogens is 277 g/mol. The molecule has 78 valence electrons. The monoisotopic (exact) mass is 279 g/mol. The Bertz CT molecular complexity index is 486. The normalized spacial score (nSPS) is 10.3. The second-order valence-electron chi connectivity index (χ2n) is 2.61. The Morgan fingerprint density at radius 2 is 1.93 bits per heavy atom. The number of nitrogens with zero attached hydrogens (tertiary/aromatic N) is 1. The van der Waals surface area contributed by atoms with Crippen molar-refractivity contribution in [3.8, 4) is 10.9 Å². The molecule has 2 aromatic rings. The van der Waals surface area contributed by atoms with Gasteiger partial charge in [-0.05, 0) is 12.1 Å². The van der Waals surface area contributed by atoms with Gasteiger partial charge in [-0.1, -0.05) is 46.1 Å². The lowest BCUT2D eigenvalue weighted by Crippen LogP contribution is -1.82. The quantitative estimate of drug-likeness (QED) is 0.781. The fourth-order valence-corrected chi connectivity index (χ4v) is 2.02. The van der Waals surface area contributed by atoms with Crippen LogP contribution >= 0.6 is 46.1 Å². The van der Waals surface area contributed by atoms with Gasteiger partial charge in [-0.15, -0.1) is 0 Å². The number of aromatic nitrogens is 1. The molecule has 0 aliphatic heterocycles. The summed E-state index contributed by atoms with van der Waals surface area (Å²) in [4.78, 5) is 3.94. The van der Waals surface area contributed by atoms with Crippen LogP contribution in [0, 0.1) is 0 Å². The lowest BCUT2D eigenvalue weighted by atomic mass is 10.3. The predicted molar refractivity (Wildman–Crippen MR) is 63.7 cm³/mol. The van der Waals surface area contributed by atoms with Gasteiger partial charge in [-0.2, -0.15) is 4.98 Å². The fraction of sp³-hybridized carbons (Fsp3) is 0. The first-order valence-corrected chi connectivity index (χ1v) is 5.90. The largest absolute Gasteiger partial charge is 0.431 e. The molecule has 0 atom stereocenters. The molecule has 0 aliphatic carbocycles. The highest BCUT2D eigenvalue weighted by atomic mass is 35.5. The van der Waals surface area contributed by atoms with E-state index in [4.69, 9.17) is 39.5 Å². The molecule has 0 aliphatic rings. The van der Waals surface area contributed by atoms with Gasteiger partial charge in [0.1, 0.15) is 10.9 Å². The van der Waals surface area contributed by atoms with Gasteiger partial charge in [0, 0.05) is 11.4 Å². The average Bonchev–Trinajstić information content (AvgIpc) is 2.58. The molecule has 15 heavy (non-hydrogen) atoms. The van der Waals surface area contributed by atoms with Gasteiger partial charge < -0.3 is 4.74 Å². The first-order valence-electron chi connectivity index (χ1n) is 3.89. The van der Waals surface area contributed by atoms with Crippen LogP contribution in [0.25, 0.3) is 0 Å². The summed E-state index contributed by atoms with van der Waals surface area (Å²) in [5, 5.41) is 3.50. The number of hydrogen-bond acceptors (Lipinski definition) is 3. The molecule has 0 radical (unpaired) electrons. The van der Waals surface area contributed by atoms with E-state index in [1.54, 1.807) is 23.6 Å². The first kappa shape index (κ1) is 11.0. The van der Waals surface area contributed by atoms with Crippen molar-refractivity contribution < 1.29 is 4.74 Å². The van der Waals surface area contributed by atoms with Crippen LogP contribution < -0.4 is 4.74 Å². The minimum Gasteiger partial charge on any atom is -0.431 e. The van der Waals surface area contributed by atoms with E-state index < -0.39 is 0 Å². The van der Waals surface area contributed by atoms with E-state index >= 15 is 0 Å². The molecule has 0 fully saturated rings. The molecule has 1 aromatic carbocycles. The summed E-state index contributed by atoms with van der Waals surface area (Å²) in [7, 11) is 0. The van der Waals surface area contributed by atoms with Gasteiger partial charge in [-0.3, -0.25) is 0 Å². The minimum atomic E-state index is 0.412. The third-order valence-electron chi connectivity index (χ3n) is 1.55. The van der Waals surface area contributed by atoms with Crippen LogP contribution in [0.2, 0.25) is 15.2 Å². The average molecular weight is 281 g/mol. The van der Waals surface area contributed by atoms with E-state index in [9.17, 15) is 0 Å². The Hall–Kier alpha value is -0.480. The maximum atomic E-state index is 5.83. The summed E-state index contributed by atoms with van der Waals surface area (Å²) < 4.78 is 5.41. The second-order valence-corrected chi connectivity index (χ2v) is 4.64. The van der Waals surface area contributed by atoms with Gasteiger partial charge in [0.2, 0.25) is 0 Å². The van der Waals surface area contributed by atoms with E-state index in [-0.39, 0.29) is 0 Å². The zero-order valence-corrected chi connectivity index (χ0v) is 10.3. The van der Waals surface area contributed by atoms with E-state index in [0.29, 0.717) is 26.1 Å². The standard InChI is InChI=1S/C9H4Cl3NOS/c10-6-2-1-5(3-7(6)11)14-9-13-8(12)4-15-9/h1-4H. The van der Waals surface area contributed by atoms with Crippen LogP contribution in [0.4, 0.5) is 0 Å². The number of hydrogen-bond donors (Lipinski definition) is 0. The first-order chi connectivity index (χ1) is 7.15. The van der Waals surface area contributed by atoms with Gasteiger partial charge in [0.05, 0.1) is 10.0 Å². The van der Waals surface area contributed by atoms with Crippen LogP contribution in [0.3, 0.4) is 0 Å². The highest BCUT2D eigenvalue weighted by molar-refractivity contribution is 7.11. The van der Waals surface area contributed by atoms with Crippen LogP contribution in [0.15, 0.2) is 23.6 Å². The van der Waals surface area contributed by atoms with Crippen molar-refractivity contribution in [2.75, 3.05) is 0 Å². The zero-order valence-electron chi connectivity index (χ0n) is 7.21. The van der Waals surface area contributed by atoms with Crippen LogP contribution in [-0.2, 0) is 0 Å². The molecule has 0 N–H and O–H groups in total. The molecule has 0 unspecified atom stereocenters. The molecule has 0 saturated heterocycles. The molecular formula is C9H4Cl3NOS. The highest BCUT2D eigenvalue weighted by Gasteiger charge is 2.04. The molecule has 0 bridgehead atoms. The molecule has 0 spiro atoms. The number of thiazole rings is 1. The molecule has 2 rings (SSSR count). The molecule has 1 aromatic heterocycles. The Morgan fingerprint density at radius 1 is 1.13 bits per heavy atom. The van der Waals surface area contributed by atoms with Crippen LogP contribution in [0.5, 0.6) is 10.9 Å². The Kier molecular flexibility index (Phi) is 3.36. The lowest BCUT2D eigenvalue weighted by Gasteiger charge is -2.02. The Labute approximate surface area is 105 Å². The summed E-state index contributed by atoms with van der Waals surface area (Å²) in [5.74, 6) is 0.579. The summed E-state index contributed by atoms with van der Waals surface area (Å²) in [5.41, 5.74) is 0. The third-order valence-corrected chi connectivity index (χ3v) is 3.33. The van der Waals surface area contributed by atoms with Crippen molar-refractivity contribution in [2.45, 2.75) is 0 Å². The predicted octanol–water partition coefficient (Wildman–Crippen LogP) is 4.90. The lowest BCUT2D eigenvalue weighted by molar-refractivity contribution is 0.479. The van der Waals surface area contributed by atoms with Crippen molar-refractivity contribution in [1.29, 1.82) is 0 Å².